The maximum Gasteiger partial charge on any atom is 0.165 e. The lowest BCUT2D eigenvalue weighted by Crippen LogP contribution is -1.95. The minimum Gasteiger partial charge on any atom is -0.494 e. The van der Waals surface area contributed by atoms with Gasteiger partial charge in [-0.25, -0.2) is 14.4 Å². The molecule has 1 N–H and O–H groups in total. The van der Waals surface area contributed by atoms with Crippen LogP contribution in [0.2, 0.25) is 0 Å². The molecule has 1 heterocycles. The number of benzene rings is 1. The Morgan fingerprint density at radius 2 is 2.06 bits per heavy atom. The summed E-state index contributed by atoms with van der Waals surface area (Å²) >= 11 is 0. The fourth-order valence-electron chi connectivity index (χ4n) is 1.48. The molecule has 88 valence electrons. The summed E-state index contributed by atoms with van der Waals surface area (Å²) in [5, 5.41) is 2.90. The zero-order valence-corrected chi connectivity index (χ0v) is 9.57. The Kier molecular flexibility index (Phi) is 3.18. The molecule has 0 aliphatic rings. The van der Waals surface area contributed by atoms with Gasteiger partial charge in [-0.2, -0.15) is 0 Å². The number of halogens is 1. The van der Waals surface area contributed by atoms with Gasteiger partial charge in [-0.05, 0) is 18.2 Å². The van der Waals surface area contributed by atoms with Crippen molar-refractivity contribution in [3.63, 3.8) is 0 Å². The third-order valence-corrected chi connectivity index (χ3v) is 2.37. The van der Waals surface area contributed by atoms with Gasteiger partial charge in [0.2, 0.25) is 0 Å². The van der Waals surface area contributed by atoms with E-state index < -0.39 is 5.82 Å². The Morgan fingerprint density at radius 1 is 1.24 bits per heavy atom. The van der Waals surface area contributed by atoms with E-state index in [9.17, 15) is 4.39 Å². The van der Waals surface area contributed by atoms with Crippen molar-refractivity contribution < 1.29 is 9.13 Å². The highest BCUT2D eigenvalue weighted by molar-refractivity contribution is 5.63. The molecular formula is C12H12FN3O. The van der Waals surface area contributed by atoms with Gasteiger partial charge in [0.05, 0.1) is 12.8 Å². The number of aromatic nitrogens is 2. The first-order chi connectivity index (χ1) is 8.24. The van der Waals surface area contributed by atoms with Crippen LogP contribution in [0.3, 0.4) is 0 Å². The maximum atomic E-state index is 13.5. The second-order valence-electron chi connectivity index (χ2n) is 3.39. The number of hydrogen-bond acceptors (Lipinski definition) is 4. The average Bonchev–Trinajstić information content (AvgIpc) is 2.38. The van der Waals surface area contributed by atoms with Crippen LogP contribution >= 0.6 is 0 Å². The van der Waals surface area contributed by atoms with Gasteiger partial charge >= 0.3 is 0 Å². The molecule has 0 amide bonds. The van der Waals surface area contributed by atoms with Crippen LogP contribution in [0.15, 0.2) is 30.6 Å². The van der Waals surface area contributed by atoms with E-state index in [0.717, 1.165) is 0 Å². The normalized spacial score (nSPS) is 10.1. The Bertz CT molecular complexity index is 531. The summed E-state index contributed by atoms with van der Waals surface area (Å²) in [4.78, 5) is 8.09. The van der Waals surface area contributed by atoms with Gasteiger partial charge in [0, 0.05) is 18.7 Å². The van der Waals surface area contributed by atoms with Crippen molar-refractivity contribution in [2.75, 3.05) is 19.5 Å². The molecule has 1 aromatic carbocycles. The molecule has 0 aliphatic heterocycles. The van der Waals surface area contributed by atoms with E-state index in [4.69, 9.17) is 4.74 Å². The van der Waals surface area contributed by atoms with Crippen molar-refractivity contribution in [2.24, 2.45) is 0 Å². The van der Waals surface area contributed by atoms with E-state index in [1.165, 1.54) is 19.5 Å². The lowest BCUT2D eigenvalue weighted by molar-refractivity contribution is 0.386. The number of nitrogens with zero attached hydrogens (tertiary/aromatic N) is 2. The average molecular weight is 233 g/mol. The van der Waals surface area contributed by atoms with E-state index in [1.807, 2.05) is 0 Å². The minimum absolute atomic E-state index is 0.219. The first-order valence-corrected chi connectivity index (χ1v) is 5.08. The fraction of sp³-hybridized carbons (Fsp3) is 0.167. The van der Waals surface area contributed by atoms with Crippen LogP contribution in [0.5, 0.6) is 5.75 Å². The SMILES string of the molecule is CNc1cc(-c2ccc(OC)c(F)c2)ncn1. The molecule has 0 bridgehead atoms. The van der Waals surface area contributed by atoms with Gasteiger partial charge in [0.15, 0.2) is 11.6 Å². The highest BCUT2D eigenvalue weighted by Crippen LogP contribution is 2.24. The van der Waals surface area contributed by atoms with Gasteiger partial charge in [-0.1, -0.05) is 0 Å². The van der Waals surface area contributed by atoms with Crippen molar-refractivity contribution in [3.8, 4) is 17.0 Å². The van der Waals surface area contributed by atoms with Crippen molar-refractivity contribution >= 4 is 5.82 Å². The summed E-state index contributed by atoms with van der Waals surface area (Å²) in [7, 11) is 3.20. The van der Waals surface area contributed by atoms with Crippen molar-refractivity contribution in [3.05, 3.63) is 36.4 Å². The highest BCUT2D eigenvalue weighted by Gasteiger charge is 2.06. The molecule has 4 nitrogen and oxygen atoms in total. The second kappa shape index (κ2) is 4.78. The first-order valence-electron chi connectivity index (χ1n) is 5.08. The molecule has 2 rings (SSSR count). The lowest BCUT2D eigenvalue weighted by Gasteiger charge is -2.05. The minimum atomic E-state index is -0.408. The molecule has 5 heteroatoms. The molecule has 17 heavy (non-hydrogen) atoms. The van der Waals surface area contributed by atoms with Crippen LogP contribution in [0.1, 0.15) is 0 Å². The van der Waals surface area contributed by atoms with Crippen LogP contribution in [0.25, 0.3) is 11.3 Å². The molecular weight excluding hydrogens is 221 g/mol. The molecule has 0 saturated carbocycles. The molecule has 0 aliphatic carbocycles. The van der Waals surface area contributed by atoms with E-state index in [-0.39, 0.29) is 5.75 Å². The third-order valence-electron chi connectivity index (χ3n) is 2.37. The summed E-state index contributed by atoms with van der Waals surface area (Å²) in [5.41, 5.74) is 1.34. The zero-order valence-electron chi connectivity index (χ0n) is 9.57. The number of hydrogen-bond donors (Lipinski definition) is 1. The standard InChI is InChI=1S/C12H12FN3O/c1-14-12-6-10(15-7-16-12)8-3-4-11(17-2)9(13)5-8/h3-7H,1-2H3,(H,14,15,16). The maximum absolute atomic E-state index is 13.5. The molecule has 0 saturated heterocycles. The van der Waals surface area contributed by atoms with Gasteiger partial charge in [0.1, 0.15) is 12.1 Å². The molecule has 1 aromatic heterocycles. The van der Waals surface area contributed by atoms with Crippen molar-refractivity contribution in [2.45, 2.75) is 0 Å². The van der Waals surface area contributed by atoms with Gasteiger partial charge in [0.25, 0.3) is 0 Å². The van der Waals surface area contributed by atoms with E-state index in [2.05, 4.69) is 15.3 Å². The van der Waals surface area contributed by atoms with Crippen LogP contribution in [0.4, 0.5) is 10.2 Å². The second-order valence-corrected chi connectivity index (χ2v) is 3.39. The highest BCUT2D eigenvalue weighted by atomic mass is 19.1. The predicted octanol–water partition coefficient (Wildman–Crippen LogP) is 2.33. The molecule has 0 unspecified atom stereocenters. The lowest BCUT2D eigenvalue weighted by atomic mass is 10.1. The number of methoxy groups -OCH3 is 1. The van der Waals surface area contributed by atoms with Crippen molar-refractivity contribution in [1.29, 1.82) is 0 Å². The fourth-order valence-corrected chi connectivity index (χ4v) is 1.48. The van der Waals surface area contributed by atoms with Crippen LogP contribution in [-0.4, -0.2) is 24.1 Å². The quantitative estimate of drug-likeness (QED) is 0.883. The smallest absolute Gasteiger partial charge is 0.165 e. The van der Waals surface area contributed by atoms with E-state index in [0.29, 0.717) is 17.1 Å². The third kappa shape index (κ3) is 2.33. The number of ether oxygens (including phenoxy) is 1. The largest absolute Gasteiger partial charge is 0.494 e. The Labute approximate surface area is 98.5 Å². The van der Waals surface area contributed by atoms with Crippen molar-refractivity contribution in [1.82, 2.24) is 9.97 Å². The number of rotatable bonds is 3. The molecule has 2 aromatic rings. The van der Waals surface area contributed by atoms with Crippen LogP contribution in [0, 0.1) is 5.82 Å². The Morgan fingerprint density at radius 3 is 2.71 bits per heavy atom. The molecule has 0 spiro atoms. The monoisotopic (exact) mass is 233 g/mol. The zero-order chi connectivity index (χ0) is 12.3. The summed E-state index contributed by atoms with van der Waals surface area (Å²) in [6.45, 7) is 0. The number of nitrogens with one attached hydrogen (secondary N) is 1. The Hall–Kier alpha value is -2.17. The first kappa shape index (κ1) is 11.3. The summed E-state index contributed by atoms with van der Waals surface area (Å²) in [6.07, 6.45) is 1.43. The molecule has 0 fully saturated rings. The summed E-state index contributed by atoms with van der Waals surface area (Å²) in [5.74, 6) is 0.498. The summed E-state index contributed by atoms with van der Waals surface area (Å²) in [6, 6.07) is 6.47. The van der Waals surface area contributed by atoms with Gasteiger partial charge in [-0.3, -0.25) is 0 Å². The van der Waals surface area contributed by atoms with Gasteiger partial charge < -0.3 is 10.1 Å². The van der Waals surface area contributed by atoms with Crippen LogP contribution < -0.4 is 10.1 Å². The predicted molar refractivity (Wildman–Crippen MR) is 63.5 cm³/mol. The topological polar surface area (TPSA) is 47.0 Å². The Balaban J connectivity index is 2.42. The van der Waals surface area contributed by atoms with Crippen LogP contribution in [-0.2, 0) is 0 Å². The van der Waals surface area contributed by atoms with Gasteiger partial charge in [-0.15, -0.1) is 0 Å². The molecule has 0 radical (unpaired) electrons. The van der Waals surface area contributed by atoms with E-state index in [1.54, 1.807) is 25.2 Å². The number of anilines is 1. The van der Waals surface area contributed by atoms with E-state index >= 15 is 0 Å². The molecule has 0 atom stereocenters. The summed E-state index contributed by atoms with van der Waals surface area (Å²) < 4.78 is 18.4.